The second-order valence-corrected chi connectivity index (χ2v) is 3.43. The van der Waals surface area contributed by atoms with Crippen molar-refractivity contribution < 1.29 is 5.11 Å². The van der Waals surface area contributed by atoms with Crippen LogP contribution < -0.4 is 0 Å². The van der Waals surface area contributed by atoms with Gasteiger partial charge in [-0.3, -0.25) is 4.98 Å². The van der Waals surface area contributed by atoms with Gasteiger partial charge in [0.05, 0.1) is 6.61 Å². The van der Waals surface area contributed by atoms with Crippen molar-refractivity contribution in [2.45, 2.75) is 6.42 Å². The molecule has 2 aromatic rings. The van der Waals surface area contributed by atoms with Crippen LogP contribution in [-0.2, 0) is 6.42 Å². The molecule has 0 bridgehead atoms. The van der Waals surface area contributed by atoms with Gasteiger partial charge in [-0.05, 0) is 12.1 Å². The SMILES string of the molecule is OCCc1nc(-c2ccncc2)c(Cl)[nH]1. The zero-order valence-corrected chi connectivity index (χ0v) is 8.70. The van der Waals surface area contributed by atoms with Crippen LogP contribution in [0.25, 0.3) is 11.3 Å². The minimum atomic E-state index is 0.0552. The summed E-state index contributed by atoms with van der Waals surface area (Å²) in [7, 11) is 0. The smallest absolute Gasteiger partial charge is 0.134 e. The second kappa shape index (κ2) is 4.42. The highest BCUT2D eigenvalue weighted by Crippen LogP contribution is 2.24. The third-order valence-corrected chi connectivity index (χ3v) is 2.28. The number of nitrogens with zero attached hydrogens (tertiary/aromatic N) is 2. The Morgan fingerprint density at radius 1 is 1.33 bits per heavy atom. The molecule has 2 aromatic heterocycles. The van der Waals surface area contributed by atoms with Crippen molar-refractivity contribution in [1.29, 1.82) is 0 Å². The zero-order valence-electron chi connectivity index (χ0n) is 7.94. The first kappa shape index (κ1) is 10.1. The summed E-state index contributed by atoms with van der Waals surface area (Å²) in [4.78, 5) is 11.1. The summed E-state index contributed by atoms with van der Waals surface area (Å²) in [6, 6.07) is 3.68. The quantitative estimate of drug-likeness (QED) is 0.832. The van der Waals surface area contributed by atoms with E-state index in [0.29, 0.717) is 23.1 Å². The minimum absolute atomic E-state index is 0.0552. The lowest BCUT2D eigenvalue weighted by molar-refractivity contribution is 0.297. The van der Waals surface area contributed by atoms with E-state index >= 15 is 0 Å². The number of H-pyrrole nitrogens is 1. The first-order chi connectivity index (χ1) is 7.31. The van der Waals surface area contributed by atoms with E-state index < -0.39 is 0 Å². The summed E-state index contributed by atoms with van der Waals surface area (Å²) in [5.74, 6) is 0.689. The Labute approximate surface area is 92.0 Å². The monoisotopic (exact) mass is 223 g/mol. The highest BCUT2D eigenvalue weighted by molar-refractivity contribution is 6.31. The number of nitrogens with one attached hydrogen (secondary N) is 1. The van der Waals surface area contributed by atoms with Crippen LogP contribution in [0.2, 0.25) is 5.15 Å². The lowest BCUT2D eigenvalue weighted by Crippen LogP contribution is -1.92. The minimum Gasteiger partial charge on any atom is -0.396 e. The summed E-state index contributed by atoms with van der Waals surface area (Å²) >= 11 is 6.00. The predicted octanol–water partition coefficient (Wildman–Crippen LogP) is 1.66. The van der Waals surface area contributed by atoms with Gasteiger partial charge in [-0.25, -0.2) is 4.98 Å². The molecule has 0 aliphatic rings. The molecule has 2 heterocycles. The maximum absolute atomic E-state index is 8.78. The van der Waals surface area contributed by atoms with Crippen LogP contribution in [0.5, 0.6) is 0 Å². The Bertz CT molecular complexity index is 441. The lowest BCUT2D eigenvalue weighted by atomic mass is 10.2. The molecule has 4 nitrogen and oxygen atoms in total. The maximum atomic E-state index is 8.78. The van der Waals surface area contributed by atoms with Gasteiger partial charge in [0.1, 0.15) is 16.7 Å². The van der Waals surface area contributed by atoms with Gasteiger partial charge < -0.3 is 10.1 Å². The second-order valence-electron chi connectivity index (χ2n) is 3.06. The molecule has 0 fully saturated rings. The average Bonchev–Trinajstić information content (AvgIpc) is 2.61. The molecule has 0 radical (unpaired) electrons. The summed E-state index contributed by atoms with van der Waals surface area (Å²) < 4.78 is 0. The number of halogens is 1. The number of hydrogen-bond acceptors (Lipinski definition) is 3. The molecule has 5 heteroatoms. The molecule has 0 saturated heterocycles. The Kier molecular flexibility index (Phi) is 2.99. The van der Waals surface area contributed by atoms with Crippen molar-refractivity contribution in [3.63, 3.8) is 0 Å². The van der Waals surface area contributed by atoms with Crippen LogP contribution in [0.3, 0.4) is 0 Å². The number of hydrogen-bond donors (Lipinski definition) is 2. The van der Waals surface area contributed by atoms with E-state index in [-0.39, 0.29) is 6.61 Å². The van der Waals surface area contributed by atoms with Gasteiger partial charge in [-0.2, -0.15) is 0 Å². The molecule has 2 N–H and O–H groups in total. The fourth-order valence-electron chi connectivity index (χ4n) is 1.32. The molecular weight excluding hydrogens is 214 g/mol. The molecule has 0 atom stereocenters. The van der Waals surface area contributed by atoms with E-state index in [9.17, 15) is 0 Å². The Hall–Kier alpha value is -1.39. The summed E-state index contributed by atoms with van der Waals surface area (Å²) in [6.07, 6.45) is 3.85. The maximum Gasteiger partial charge on any atom is 0.134 e. The molecule has 0 saturated carbocycles. The first-order valence-electron chi connectivity index (χ1n) is 4.57. The van der Waals surface area contributed by atoms with Crippen molar-refractivity contribution in [1.82, 2.24) is 15.0 Å². The molecular formula is C10H10ClN3O. The van der Waals surface area contributed by atoms with Crippen molar-refractivity contribution in [2.75, 3.05) is 6.61 Å². The van der Waals surface area contributed by atoms with E-state index in [2.05, 4.69) is 15.0 Å². The van der Waals surface area contributed by atoms with Crippen LogP contribution in [0, 0.1) is 0 Å². The molecule has 78 valence electrons. The number of imidazole rings is 1. The Morgan fingerprint density at radius 3 is 2.73 bits per heavy atom. The Balaban J connectivity index is 2.36. The molecule has 0 aliphatic carbocycles. The van der Waals surface area contributed by atoms with Crippen LogP contribution in [0.15, 0.2) is 24.5 Å². The largest absolute Gasteiger partial charge is 0.396 e. The molecule has 0 spiro atoms. The van der Waals surface area contributed by atoms with Crippen molar-refractivity contribution in [3.05, 3.63) is 35.5 Å². The van der Waals surface area contributed by atoms with Crippen LogP contribution in [-0.4, -0.2) is 26.7 Å². The molecule has 2 rings (SSSR count). The molecule has 0 aromatic carbocycles. The number of pyridine rings is 1. The van der Waals surface area contributed by atoms with Gasteiger partial charge in [0, 0.05) is 24.4 Å². The van der Waals surface area contributed by atoms with Gasteiger partial charge in [-0.1, -0.05) is 11.6 Å². The molecule has 0 aliphatic heterocycles. The van der Waals surface area contributed by atoms with Crippen molar-refractivity contribution >= 4 is 11.6 Å². The summed E-state index contributed by atoms with van der Waals surface area (Å²) in [5, 5.41) is 9.27. The standard InChI is InChI=1S/C10H10ClN3O/c11-10-9(7-1-4-12-5-2-7)13-8(14-10)3-6-15/h1-2,4-5,15H,3,6H2,(H,13,14). The number of aromatic amines is 1. The van der Waals surface area contributed by atoms with Crippen LogP contribution in [0.4, 0.5) is 0 Å². The van der Waals surface area contributed by atoms with Crippen LogP contribution >= 0.6 is 11.6 Å². The van der Waals surface area contributed by atoms with Gasteiger partial charge >= 0.3 is 0 Å². The van der Waals surface area contributed by atoms with Crippen LogP contribution in [0.1, 0.15) is 5.82 Å². The van der Waals surface area contributed by atoms with Gasteiger partial charge in [0.2, 0.25) is 0 Å². The van der Waals surface area contributed by atoms with E-state index in [0.717, 1.165) is 5.56 Å². The summed E-state index contributed by atoms with van der Waals surface area (Å²) in [5.41, 5.74) is 1.61. The highest BCUT2D eigenvalue weighted by Gasteiger charge is 2.09. The van der Waals surface area contributed by atoms with Gasteiger partial charge in [0.25, 0.3) is 0 Å². The van der Waals surface area contributed by atoms with Gasteiger partial charge in [-0.15, -0.1) is 0 Å². The molecule has 15 heavy (non-hydrogen) atoms. The third-order valence-electron chi connectivity index (χ3n) is 2.01. The van der Waals surface area contributed by atoms with E-state index in [1.807, 2.05) is 12.1 Å². The van der Waals surface area contributed by atoms with E-state index in [1.165, 1.54) is 0 Å². The Morgan fingerprint density at radius 2 is 2.07 bits per heavy atom. The number of rotatable bonds is 3. The zero-order chi connectivity index (χ0) is 10.7. The normalized spacial score (nSPS) is 10.5. The fourth-order valence-corrected chi connectivity index (χ4v) is 1.58. The summed E-state index contributed by atoms with van der Waals surface area (Å²) in [6.45, 7) is 0.0552. The van der Waals surface area contributed by atoms with Crippen molar-refractivity contribution in [2.24, 2.45) is 0 Å². The van der Waals surface area contributed by atoms with Crippen molar-refractivity contribution in [3.8, 4) is 11.3 Å². The average molecular weight is 224 g/mol. The van der Waals surface area contributed by atoms with E-state index in [1.54, 1.807) is 12.4 Å². The molecule has 0 amide bonds. The first-order valence-corrected chi connectivity index (χ1v) is 4.94. The highest BCUT2D eigenvalue weighted by atomic mass is 35.5. The van der Waals surface area contributed by atoms with Gasteiger partial charge in [0.15, 0.2) is 0 Å². The predicted molar refractivity (Wildman–Crippen MR) is 57.6 cm³/mol. The number of aliphatic hydroxyl groups excluding tert-OH is 1. The number of aliphatic hydroxyl groups is 1. The topological polar surface area (TPSA) is 61.8 Å². The lowest BCUT2D eigenvalue weighted by Gasteiger charge is -1.94. The fraction of sp³-hybridized carbons (Fsp3) is 0.200. The number of aromatic nitrogens is 3. The molecule has 0 unspecified atom stereocenters. The van der Waals surface area contributed by atoms with E-state index in [4.69, 9.17) is 16.7 Å². The third kappa shape index (κ3) is 2.16.